The Balaban J connectivity index is 0.00000128. The van der Waals surface area contributed by atoms with E-state index in [1.807, 2.05) is 0 Å². The molecule has 0 spiro atoms. The van der Waals surface area contributed by atoms with Crippen molar-refractivity contribution in [1.82, 2.24) is 0 Å². The Morgan fingerprint density at radius 3 is 1.94 bits per heavy atom. The summed E-state index contributed by atoms with van der Waals surface area (Å²) in [5.41, 5.74) is 6.70. The van der Waals surface area contributed by atoms with Crippen molar-refractivity contribution in [2.45, 2.75) is 20.8 Å². The molecule has 0 bridgehead atoms. The highest BCUT2D eigenvalue weighted by molar-refractivity contribution is 7.59. The summed E-state index contributed by atoms with van der Waals surface area (Å²) in [6.07, 6.45) is 0. The topological polar surface area (TPSA) is 0 Å². The van der Waals surface area contributed by atoms with E-state index in [1.165, 1.54) is 27.8 Å². The molecule has 2 rings (SSSR count). The van der Waals surface area contributed by atoms with Crippen LogP contribution in [0.1, 0.15) is 16.7 Å². The second-order valence-corrected chi connectivity index (χ2v) is 4.13. The van der Waals surface area contributed by atoms with Crippen LogP contribution >= 0.6 is 13.5 Å². The van der Waals surface area contributed by atoms with Crippen molar-refractivity contribution < 1.29 is 0 Å². The number of rotatable bonds is 1. The van der Waals surface area contributed by atoms with Gasteiger partial charge in [-0.2, -0.15) is 13.5 Å². The second-order valence-electron chi connectivity index (χ2n) is 4.13. The van der Waals surface area contributed by atoms with Crippen LogP contribution in [0.15, 0.2) is 42.5 Å². The van der Waals surface area contributed by atoms with Gasteiger partial charge in [0.05, 0.1) is 0 Å². The Morgan fingerprint density at radius 1 is 0.688 bits per heavy atom. The lowest BCUT2D eigenvalue weighted by Crippen LogP contribution is -1.87. The van der Waals surface area contributed by atoms with Crippen LogP contribution in [0.25, 0.3) is 11.1 Å². The van der Waals surface area contributed by atoms with E-state index in [0.717, 1.165) is 0 Å². The van der Waals surface area contributed by atoms with Crippen LogP contribution < -0.4 is 0 Å². The van der Waals surface area contributed by atoms with Crippen molar-refractivity contribution in [3.8, 4) is 11.1 Å². The minimum absolute atomic E-state index is 0. The van der Waals surface area contributed by atoms with E-state index < -0.39 is 0 Å². The standard InChI is InChI=1S/C15H16.H2S/c1-11-8-9-15(13(3)10-11)14-7-5-4-6-12(14)2;/h4-10H,1-3H3;1H2. The molecule has 1 heteroatoms. The lowest BCUT2D eigenvalue weighted by Gasteiger charge is -2.09. The molecule has 0 N–H and O–H groups in total. The van der Waals surface area contributed by atoms with Gasteiger partial charge in [-0.1, -0.05) is 48.0 Å². The van der Waals surface area contributed by atoms with Crippen LogP contribution in [0, 0.1) is 20.8 Å². The highest BCUT2D eigenvalue weighted by Crippen LogP contribution is 2.26. The lowest BCUT2D eigenvalue weighted by molar-refractivity contribution is 1.36. The average Bonchev–Trinajstić information content (AvgIpc) is 2.20. The van der Waals surface area contributed by atoms with Crippen LogP contribution in [-0.4, -0.2) is 0 Å². The summed E-state index contributed by atoms with van der Waals surface area (Å²) in [5, 5.41) is 0. The van der Waals surface area contributed by atoms with E-state index in [2.05, 4.69) is 63.2 Å². The van der Waals surface area contributed by atoms with Crippen LogP contribution in [0.5, 0.6) is 0 Å². The zero-order chi connectivity index (χ0) is 10.8. The molecule has 0 atom stereocenters. The first-order valence-corrected chi connectivity index (χ1v) is 5.32. The van der Waals surface area contributed by atoms with E-state index in [0.29, 0.717) is 0 Å². The Hall–Kier alpha value is -1.21. The third-order valence-electron chi connectivity index (χ3n) is 2.82. The monoisotopic (exact) mass is 230 g/mol. The van der Waals surface area contributed by atoms with Crippen molar-refractivity contribution in [2.24, 2.45) is 0 Å². The van der Waals surface area contributed by atoms with Gasteiger partial charge in [-0.3, -0.25) is 0 Å². The van der Waals surface area contributed by atoms with E-state index in [-0.39, 0.29) is 13.5 Å². The molecule has 0 radical (unpaired) electrons. The van der Waals surface area contributed by atoms with Gasteiger partial charge >= 0.3 is 0 Å². The highest BCUT2D eigenvalue weighted by Gasteiger charge is 2.03. The van der Waals surface area contributed by atoms with Crippen molar-refractivity contribution in [2.75, 3.05) is 0 Å². The van der Waals surface area contributed by atoms with Gasteiger partial charge in [0.1, 0.15) is 0 Å². The van der Waals surface area contributed by atoms with E-state index in [4.69, 9.17) is 0 Å². The first-order chi connectivity index (χ1) is 7.18. The van der Waals surface area contributed by atoms with E-state index >= 15 is 0 Å². The predicted molar refractivity (Wildman–Crippen MR) is 76.5 cm³/mol. The molecular formula is C15H18S. The molecule has 0 aromatic heterocycles. The predicted octanol–water partition coefficient (Wildman–Crippen LogP) is 4.39. The molecule has 0 aliphatic carbocycles. The van der Waals surface area contributed by atoms with Crippen molar-refractivity contribution in [3.05, 3.63) is 59.2 Å². The highest BCUT2D eigenvalue weighted by atomic mass is 32.1. The maximum atomic E-state index is 2.24. The van der Waals surface area contributed by atoms with Gasteiger partial charge in [-0.25, -0.2) is 0 Å². The smallest absolute Gasteiger partial charge is 0.0152 e. The third-order valence-corrected chi connectivity index (χ3v) is 2.82. The van der Waals surface area contributed by atoms with Gasteiger partial charge in [-0.05, 0) is 43.0 Å². The van der Waals surface area contributed by atoms with Gasteiger partial charge in [0.25, 0.3) is 0 Å². The van der Waals surface area contributed by atoms with Crippen LogP contribution in [0.4, 0.5) is 0 Å². The summed E-state index contributed by atoms with van der Waals surface area (Å²) in [7, 11) is 0. The minimum Gasteiger partial charge on any atom is -0.197 e. The molecule has 0 saturated heterocycles. The fourth-order valence-electron chi connectivity index (χ4n) is 1.99. The molecule has 0 nitrogen and oxygen atoms in total. The molecule has 0 unspecified atom stereocenters. The Labute approximate surface area is 105 Å². The molecule has 0 saturated carbocycles. The van der Waals surface area contributed by atoms with Crippen LogP contribution in [-0.2, 0) is 0 Å². The quantitative estimate of drug-likeness (QED) is 0.681. The molecule has 2 aromatic rings. The van der Waals surface area contributed by atoms with Gasteiger partial charge < -0.3 is 0 Å². The van der Waals surface area contributed by atoms with Crippen molar-refractivity contribution in [1.29, 1.82) is 0 Å². The summed E-state index contributed by atoms with van der Waals surface area (Å²) < 4.78 is 0. The molecule has 0 amide bonds. The maximum Gasteiger partial charge on any atom is -0.0152 e. The van der Waals surface area contributed by atoms with Gasteiger partial charge in [0, 0.05) is 0 Å². The molecule has 0 heterocycles. The summed E-state index contributed by atoms with van der Waals surface area (Å²) in [4.78, 5) is 0. The zero-order valence-corrected chi connectivity index (χ0v) is 11.0. The molecule has 0 aliphatic rings. The van der Waals surface area contributed by atoms with Crippen LogP contribution in [0.3, 0.4) is 0 Å². The van der Waals surface area contributed by atoms with Crippen molar-refractivity contribution in [3.63, 3.8) is 0 Å². The van der Waals surface area contributed by atoms with Gasteiger partial charge in [-0.15, -0.1) is 0 Å². The second kappa shape index (κ2) is 5.22. The molecule has 16 heavy (non-hydrogen) atoms. The first-order valence-electron chi connectivity index (χ1n) is 5.32. The summed E-state index contributed by atoms with van der Waals surface area (Å²) in [6.45, 7) is 6.47. The number of aryl methyl sites for hydroxylation is 3. The minimum atomic E-state index is 0. The number of hydrogen-bond donors (Lipinski definition) is 0. The Bertz CT molecular complexity index is 487. The van der Waals surface area contributed by atoms with Crippen molar-refractivity contribution >= 4 is 13.5 Å². The molecule has 0 fully saturated rings. The fourth-order valence-corrected chi connectivity index (χ4v) is 1.99. The Morgan fingerprint density at radius 2 is 1.31 bits per heavy atom. The average molecular weight is 230 g/mol. The fraction of sp³-hybridized carbons (Fsp3) is 0.200. The maximum absolute atomic E-state index is 2.24. The van der Waals surface area contributed by atoms with E-state index in [9.17, 15) is 0 Å². The normalized spacial score (nSPS) is 9.69. The molecular weight excluding hydrogens is 212 g/mol. The summed E-state index contributed by atoms with van der Waals surface area (Å²) in [6, 6.07) is 15.2. The third kappa shape index (κ3) is 2.48. The van der Waals surface area contributed by atoms with Crippen LogP contribution in [0.2, 0.25) is 0 Å². The summed E-state index contributed by atoms with van der Waals surface area (Å²) >= 11 is 0. The number of benzene rings is 2. The Kier molecular flexibility index (Phi) is 4.19. The number of hydrogen-bond acceptors (Lipinski definition) is 0. The molecule has 84 valence electrons. The molecule has 0 aliphatic heterocycles. The largest absolute Gasteiger partial charge is 0.197 e. The van der Waals surface area contributed by atoms with E-state index in [1.54, 1.807) is 0 Å². The zero-order valence-electron chi connectivity index (χ0n) is 10.0. The summed E-state index contributed by atoms with van der Waals surface area (Å²) in [5.74, 6) is 0. The lowest BCUT2D eigenvalue weighted by atomic mass is 9.95. The molecule has 2 aromatic carbocycles. The first kappa shape index (κ1) is 12.9. The van der Waals surface area contributed by atoms with Gasteiger partial charge in [0.2, 0.25) is 0 Å². The SMILES string of the molecule is Cc1ccc(-c2ccccc2C)c(C)c1.S. The van der Waals surface area contributed by atoms with Gasteiger partial charge in [0.15, 0.2) is 0 Å².